The summed E-state index contributed by atoms with van der Waals surface area (Å²) in [4.78, 5) is 0. The Morgan fingerprint density at radius 3 is 2.59 bits per heavy atom. The number of benzene rings is 1. The number of rotatable bonds is 2. The Labute approximate surface area is 111 Å². The Hall–Kier alpha value is -0.440. The average Bonchev–Trinajstić information content (AvgIpc) is 2.50. The van der Waals surface area contributed by atoms with E-state index in [1.54, 1.807) is 18.2 Å². The lowest BCUT2D eigenvalue weighted by Gasteiger charge is -2.22. The molecule has 0 heterocycles. The van der Waals surface area contributed by atoms with Crippen molar-refractivity contribution < 1.29 is 9.84 Å². The first-order valence-electron chi connectivity index (χ1n) is 5.96. The summed E-state index contributed by atoms with van der Waals surface area (Å²) < 4.78 is 5.79. The van der Waals surface area contributed by atoms with Gasteiger partial charge in [0, 0.05) is 6.07 Å². The number of hydrogen-bond acceptors (Lipinski definition) is 2. The molecule has 0 aliphatic heterocycles. The molecule has 1 aliphatic rings. The number of hydrogen-bond donors (Lipinski definition) is 1. The molecule has 94 valence electrons. The molecule has 1 aliphatic carbocycles. The molecule has 2 unspecified atom stereocenters. The van der Waals surface area contributed by atoms with Crippen molar-refractivity contribution in [1.29, 1.82) is 0 Å². The predicted molar refractivity (Wildman–Crippen MR) is 70.0 cm³/mol. The van der Waals surface area contributed by atoms with Gasteiger partial charge in [-0.1, -0.05) is 36.0 Å². The minimum Gasteiger partial charge on any atom is -0.488 e. The number of ether oxygens (including phenoxy) is 1. The van der Waals surface area contributed by atoms with Crippen molar-refractivity contribution in [2.24, 2.45) is 0 Å². The lowest BCUT2D eigenvalue weighted by atomic mass is 10.1. The maximum Gasteiger partial charge on any atom is 0.124 e. The van der Waals surface area contributed by atoms with Crippen LogP contribution >= 0.6 is 23.2 Å². The van der Waals surface area contributed by atoms with Crippen LogP contribution in [-0.4, -0.2) is 17.3 Å². The summed E-state index contributed by atoms with van der Waals surface area (Å²) in [6.07, 6.45) is 4.53. The molecule has 0 bridgehead atoms. The fraction of sp³-hybridized carbons (Fsp3) is 0.538. The van der Waals surface area contributed by atoms with E-state index in [0.717, 1.165) is 32.1 Å². The summed E-state index contributed by atoms with van der Waals surface area (Å²) in [5.41, 5.74) is 0. The van der Waals surface area contributed by atoms with Crippen molar-refractivity contribution in [3.8, 4) is 5.75 Å². The van der Waals surface area contributed by atoms with Gasteiger partial charge in [0.25, 0.3) is 0 Å². The van der Waals surface area contributed by atoms with Crippen LogP contribution in [0, 0.1) is 0 Å². The van der Waals surface area contributed by atoms with E-state index in [4.69, 9.17) is 27.9 Å². The Morgan fingerprint density at radius 2 is 1.82 bits per heavy atom. The van der Waals surface area contributed by atoms with Crippen molar-refractivity contribution in [1.82, 2.24) is 0 Å². The highest BCUT2D eigenvalue weighted by Crippen LogP contribution is 2.29. The first kappa shape index (κ1) is 13.0. The highest BCUT2D eigenvalue weighted by atomic mass is 35.5. The van der Waals surface area contributed by atoms with Crippen molar-refractivity contribution in [3.63, 3.8) is 0 Å². The molecular formula is C13H16Cl2O2. The molecule has 0 aromatic heterocycles. The van der Waals surface area contributed by atoms with Gasteiger partial charge in [-0.3, -0.25) is 0 Å². The van der Waals surface area contributed by atoms with Gasteiger partial charge in [-0.2, -0.15) is 0 Å². The third-order valence-corrected chi connectivity index (χ3v) is 3.84. The molecule has 0 saturated heterocycles. The van der Waals surface area contributed by atoms with Crippen LogP contribution in [-0.2, 0) is 0 Å². The second kappa shape index (κ2) is 5.94. The Bertz CT molecular complexity index is 382. The molecule has 1 aromatic carbocycles. The van der Waals surface area contributed by atoms with Gasteiger partial charge in [-0.15, -0.1) is 0 Å². The molecule has 2 rings (SSSR count). The third kappa shape index (κ3) is 3.51. The van der Waals surface area contributed by atoms with E-state index in [9.17, 15) is 5.11 Å². The molecule has 1 saturated carbocycles. The van der Waals surface area contributed by atoms with Crippen molar-refractivity contribution >= 4 is 23.2 Å². The number of aliphatic hydroxyl groups is 1. The predicted octanol–water partition coefficient (Wildman–Crippen LogP) is 4.07. The van der Waals surface area contributed by atoms with Gasteiger partial charge in [-0.25, -0.2) is 0 Å². The van der Waals surface area contributed by atoms with Crippen LogP contribution in [0.25, 0.3) is 0 Å². The van der Waals surface area contributed by atoms with Crippen molar-refractivity contribution in [3.05, 3.63) is 28.2 Å². The smallest absolute Gasteiger partial charge is 0.124 e. The van der Waals surface area contributed by atoms with E-state index >= 15 is 0 Å². The maximum atomic E-state index is 9.95. The fourth-order valence-corrected chi connectivity index (χ4v) is 2.40. The molecule has 0 radical (unpaired) electrons. The molecule has 0 spiro atoms. The van der Waals surface area contributed by atoms with Crippen molar-refractivity contribution in [2.75, 3.05) is 0 Å². The highest BCUT2D eigenvalue weighted by molar-refractivity contribution is 6.42. The van der Waals surface area contributed by atoms with E-state index < -0.39 is 0 Å². The molecule has 4 heteroatoms. The van der Waals surface area contributed by atoms with Crippen LogP contribution in [0.5, 0.6) is 5.75 Å². The van der Waals surface area contributed by atoms with E-state index in [0.29, 0.717) is 15.8 Å². The van der Waals surface area contributed by atoms with Gasteiger partial charge >= 0.3 is 0 Å². The first-order valence-corrected chi connectivity index (χ1v) is 6.72. The van der Waals surface area contributed by atoms with Gasteiger partial charge in [0.05, 0.1) is 16.1 Å². The maximum absolute atomic E-state index is 9.95. The summed E-state index contributed by atoms with van der Waals surface area (Å²) in [6.45, 7) is 0. The molecule has 17 heavy (non-hydrogen) atoms. The standard InChI is InChI=1S/C13H16Cl2O2/c14-10-7-6-9(8-11(10)15)17-13-5-3-1-2-4-12(13)16/h6-8,12-13,16H,1-5H2. The topological polar surface area (TPSA) is 29.5 Å². The monoisotopic (exact) mass is 274 g/mol. The highest BCUT2D eigenvalue weighted by Gasteiger charge is 2.23. The summed E-state index contributed by atoms with van der Waals surface area (Å²) >= 11 is 11.8. The second-order valence-corrected chi connectivity index (χ2v) is 5.25. The molecule has 1 fully saturated rings. The largest absolute Gasteiger partial charge is 0.488 e. The van der Waals surface area contributed by atoms with Crippen LogP contribution in [0.15, 0.2) is 18.2 Å². The average molecular weight is 275 g/mol. The summed E-state index contributed by atoms with van der Waals surface area (Å²) in [6, 6.07) is 5.19. The zero-order valence-corrected chi connectivity index (χ0v) is 11.0. The van der Waals surface area contributed by atoms with E-state index in [2.05, 4.69) is 0 Å². The van der Waals surface area contributed by atoms with Crippen molar-refractivity contribution in [2.45, 2.75) is 44.3 Å². The normalized spacial score (nSPS) is 25.4. The number of halogens is 2. The lowest BCUT2D eigenvalue weighted by molar-refractivity contribution is 0.0320. The van der Waals surface area contributed by atoms with Crippen LogP contribution in [0.2, 0.25) is 10.0 Å². The molecule has 0 amide bonds. The lowest BCUT2D eigenvalue weighted by Crippen LogP contribution is -2.30. The van der Waals surface area contributed by atoms with E-state index in [1.165, 1.54) is 0 Å². The summed E-state index contributed by atoms with van der Waals surface area (Å²) in [5.74, 6) is 0.672. The van der Waals surface area contributed by atoms with Gasteiger partial charge in [0.1, 0.15) is 11.9 Å². The van der Waals surface area contributed by atoms with Gasteiger partial charge < -0.3 is 9.84 Å². The number of aliphatic hydroxyl groups excluding tert-OH is 1. The second-order valence-electron chi connectivity index (χ2n) is 4.44. The fourth-order valence-electron chi connectivity index (χ4n) is 2.12. The molecule has 2 nitrogen and oxygen atoms in total. The summed E-state index contributed by atoms with van der Waals surface area (Å²) in [7, 11) is 0. The molecule has 1 N–H and O–H groups in total. The quantitative estimate of drug-likeness (QED) is 0.824. The molecular weight excluding hydrogens is 259 g/mol. The zero-order chi connectivity index (χ0) is 12.3. The zero-order valence-electron chi connectivity index (χ0n) is 9.53. The Morgan fingerprint density at radius 1 is 1.06 bits per heavy atom. The Balaban J connectivity index is 2.05. The first-order chi connectivity index (χ1) is 8.16. The van der Waals surface area contributed by atoms with Crippen LogP contribution in [0.4, 0.5) is 0 Å². The summed E-state index contributed by atoms with van der Waals surface area (Å²) in [5, 5.41) is 10.9. The molecule has 2 atom stereocenters. The van der Waals surface area contributed by atoms with Gasteiger partial charge in [0.15, 0.2) is 0 Å². The SMILES string of the molecule is OC1CCCCCC1Oc1ccc(Cl)c(Cl)c1. The van der Waals surface area contributed by atoms with E-state index in [-0.39, 0.29) is 12.2 Å². The third-order valence-electron chi connectivity index (χ3n) is 3.10. The van der Waals surface area contributed by atoms with Gasteiger partial charge in [0.2, 0.25) is 0 Å². The van der Waals surface area contributed by atoms with Crippen LogP contribution < -0.4 is 4.74 Å². The van der Waals surface area contributed by atoms with Crippen LogP contribution in [0.3, 0.4) is 0 Å². The van der Waals surface area contributed by atoms with Crippen LogP contribution in [0.1, 0.15) is 32.1 Å². The minimum atomic E-state index is -0.382. The minimum absolute atomic E-state index is 0.130. The molecule has 1 aromatic rings. The Kier molecular flexibility index (Phi) is 4.55. The van der Waals surface area contributed by atoms with Gasteiger partial charge in [-0.05, 0) is 31.4 Å². The van der Waals surface area contributed by atoms with E-state index in [1.807, 2.05) is 0 Å².